The van der Waals surface area contributed by atoms with E-state index < -0.39 is 11.9 Å². The van der Waals surface area contributed by atoms with Crippen LogP contribution in [0.4, 0.5) is 11.5 Å². The van der Waals surface area contributed by atoms with Crippen LogP contribution in [0.3, 0.4) is 0 Å². The summed E-state index contributed by atoms with van der Waals surface area (Å²) in [5, 5.41) is 7.30. The van der Waals surface area contributed by atoms with Crippen LogP contribution >= 0.6 is 0 Å². The minimum atomic E-state index is -0.705. The minimum absolute atomic E-state index is 0.0401. The van der Waals surface area contributed by atoms with Crippen LogP contribution < -0.4 is 22.0 Å². The second kappa shape index (κ2) is 8.64. The fraction of sp³-hybridized carbons (Fsp3) is 0.0800. The number of hydrogen-bond donors (Lipinski definition) is 3. The number of nitrogens with zero attached hydrogens (tertiary/aromatic N) is 5. The second-order valence-corrected chi connectivity index (χ2v) is 7.78. The van der Waals surface area contributed by atoms with E-state index in [1.54, 1.807) is 43.6 Å². The maximum atomic E-state index is 13.6. The topological polar surface area (TPSA) is 132 Å². The Morgan fingerprint density at radius 2 is 1.94 bits per heavy atom. The number of rotatable bonds is 5. The summed E-state index contributed by atoms with van der Waals surface area (Å²) < 4.78 is 2.72. The predicted octanol–water partition coefficient (Wildman–Crippen LogP) is 2.37. The van der Waals surface area contributed by atoms with Gasteiger partial charge in [-0.15, -0.1) is 11.5 Å². The minimum Gasteiger partial charge on any atom is -0.381 e. The van der Waals surface area contributed by atoms with Crippen molar-refractivity contribution in [2.75, 3.05) is 11.2 Å². The molecule has 0 saturated carbocycles. The van der Waals surface area contributed by atoms with Gasteiger partial charge in [0.1, 0.15) is 5.56 Å². The lowest BCUT2D eigenvalue weighted by Crippen LogP contribution is -2.37. The number of fused-ring (bicyclic) bond motifs is 2. The van der Waals surface area contributed by atoms with Gasteiger partial charge in [-0.2, -0.15) is 0 Å². The average molecular weight is 464 g/mol. The molecule has 0 aliphatic heterocycles. The fourth-order valence-electron chi connectivity index (χ4n) is 3.86. The van der Waals surface area contributed by atoms with Gasteiger partial charge in [-0.1, -0.05) is 30.2 Å². The first-order valence-corrected chi connectivity index (χ1v) is 10.7. The van der Waals surface area contributed by atoms with E-state index >= 15 is 0 Å². The van der Waals surface area contributed by atoms with E-state index in [0.29, 0.717) is 27.8 Å². The first-order chi connectivity index (χ1) is 17.0. The first-order valence-electron chi connectivity index (χ1n) is 10.7. The number of hydrogen-bond acceptors (Lipinski definition) is 7. The third-order valence-corrected chi connectivity index (χ3v) is 5.48. The molecule has 35 heavy (non-hydrogen) atoms. The van der Waals surface area contributed by atoms with E-state index in [1.807, 2.05) is 30.3 Å². The standard InChI is InChI=1S/C25H20N8O2/c1-3-16-9-7-12-18-19(16)25(35)33(30-17-10-5-4-6-11-17)22(29-18)15(2)28-24(34)20-21(26)31-32-14-8-13-27-23(20)32/h1,4-15,30H,2H3,(H2,26,31)(H,28,34). The highest BCUT2D eigenvalue weighted by atomic mass is 16.2. The summed E-state index contributed by atoms with van der Waals surface area (Å²) in [4.78, 5) is 35.7. The van der Waals surface area contributed by atoms with Crippen molar-refractivity contribution in [2.24, 2.45) is 0 Å². The zero-order valence-electron chi connectivity index (χ0n) is 18.6. The quantitative estimate of drug-likeness (QED) is 0.340. The summed E-state index contributed by atoms with van der Waals surface area (Å²) in [7, 11) is 0. The van der Waals surface area contributed by atoms with Gasteiger partial charge >= 0.3 is 0 Å². The van der Waals surface area contributed by atoms with Crippen molar-refractivity contribution in [3.8, 4) is 12.3 Å². The Morgan fingerprint density at radius 1 is 1.14 bits per heavy atom. The number of nitrogens with one attached hydrogen (secondary N) is 2. The van der Waals surface area contributed by atoms with E-state index in [-0.39, 0.29) is 22.8 Å². The van der Waals surface area contributed by atoms with E-state index in [9.17, 15) is 9.59 Å². The van der Waals surface area contributed by atoms with Crippen LogP contribution in [0, 0.1) is 12.3 Å². The van der Waals surface area contributed by atoms with Crippen LogP contribution in [0.15, 0.2) is 71.8 Å². The van der Waals surface area contributed by atoms with Crippen molar-refractivity contribution in [3.63, 3.8) is 0 Å². The number of carbonyl (C=O) groups is 1. The highest BCUT2D eigenvalue weighted by Crippen LogP contribution is 2.20. The Kier molecular flexibility index (Phi) is 5.35. The Bertz CT molecular complexity index is 1680. The Labute approximate surface area is 199 Å². The molecule has 0 spiro atoms. The molecular formula is C25H20N8O2. The number of anilines is 2. The van der Waals surface area contributed by atoms with Crippen molar-refractivity contribution < 1.29 is 4.79 Å². The summed E-state index contributed by atoms with van der Waals surface area (Å²) in [6.07, 6.45) is 8.83. The lowest BCUT2D eigenvalue weighted by molar-refractivity contribution is 0.0940. The second-order valence-electron chi connectivity index (χ2n) is 7.78. The number of nitrogen functional groups attached to an aromatic ring is 1. The van der Waals surface area contributed by atoms with E-state index in [1.165, 1.54) is 9.19 Å². The Balaban J connectivity index is 1.61. The van der Waals surface area contributed by atoms with E-state index in [2.05, 4.69) is 31.7 Å². The molecule has 0 radical (unpaired) electrons. The number of benzene rings is 2. The van der Waals surface area contributed by atoms with Crippen molar-refractivity contribution in [2.45, 2.75) is 13.0 Å². The first kappa shape index (κ1) is 21.7. The Hall–Kier alpha value is -5.17. The summed E-state index contributed by atoms with van der Waals surface area (Å²) in [5.74, 6) is 2.36. The molecular weight excluding hydrogens is 444 g/mol. The van der Waals surface area contributed by atoms with Crippen molar-refractivity contribution in [1.29, 1.82) is 0 Å². The molecule has 2 aromatic carbocycles. The Morgan fingerprint density at radius 3 is 2.71 bits per heavy atom. The zero-order valence-corrected chi connectivity index (χ0v) is 18.6. The van der Waals surface area contributed by atoms with E-state index in [0.717, 1.165) is 0 Å². The molecule has 0 fully saturated rings. The SMILES string of the molecule is C#Cc1cccc2nc(C(C)NC(=O)c3c(N)nn4cccnc34)n(Nc3ccccc3)c(=O)c12. The molecule has 0 bridgehead atoms. The maximum Gasteiger partial charge on any atom is 0.281 e. The van der Waals surface area contributed by atoms with Crippen molar-refractivity contribution >= 4 is 34.0 Å². The average Bonchev–Trinajstić information content (AvgIpc) is 3.21. The third kappa shape index (κ3) is 3.81. The van der Waals surface area contributed by atoms with Crippen LogP contribution in [-0.4, -0.2) is 30.2 Å². The monoisotopic (exact) mass is 464 g/mol. The number of amides is 1. The van der Waals surface area contributed by atoms with Crippen LogP contribution in [0.2, 0.25) is 0 Å². The number of terminal acetylenes is 1. The number of nitrogens with two attached hydrogens (primary N) is 1. The summed E-state index contributed by atoms with van der Waals surface area (Å²) >= 11 is 0. The highest BCUT2D eigenvalue weighted by molar-refractivity contribution is 6.04. The van der Waals surface area contributed by atoms with Gasteiger partial charge in [0.25, 0.3) is 11.5 Å². The number of carbonyl (C=O) groups excluding carboxylic acids is 1. The van der Waals surface area contributed by atoms with Crippen molar-refractivity contribution in [3.05, 3.63) is 94.3 Å². The van der Waals surface area contributed by atoms with Crippen LogP contribution in [-0.2, 0) is 0 Å². The number of aromatic nitrogens is 5. The van der Waals surface area contributed by atoms with Gasteiger partial charge in [0.05, 0.1) is 22.6 Å². The normalized spacial score (nSPS) is 11.8. The molecule has 3 aromatic heterocycles. The molecule has 5 rings (SSSR count). The molecule has 10 heteroatoms. The van der Waals surface area contributed by atoms with Gasteiger partial charge in [0, 0.05) is 18.0 Å². The summed E-state index contributed by atoms with van der Waals surface area (Å²) in [5.41, 5.74) is 10.7. The molecule has 3 heterocycles. The molecule has 1 amide bonds. The molecule has 0 aliphatic rings. The van der Waals surface area contributed by atoms with Gasteiger partial charge in [-0.05, 0) is 37.3 Å². The molecule has 5 aromatic rings. The highest BCUT2D eigenvalue weighted by Gasteiger charge is 2.24. The zero-order chi connectivity index (χ0) is 24.5. The lowest BCUT2D eigenvalue weighted by Gasteiger charge is -2.20. The lowest BCUT2D eigenvalue weighted by atomic mass is 10.1. The van der Waals surface area contributed by atoms with Crippen LogP contribution in [0.1, 0.15) is 34.7 Å². The largest absolute Gasteiger partial charge is 0.381 e. The van der Waals surface area contributed by atoms with E-state index in [4.69, 9.17) is 12.2 Å². The molecule has 1 unspecified atom stereocenters. The van der Waals surface area contributed by atoms with Gasteiger partial charge in [-0.25, -0.2) is 19.2 Å². The van der Waals surface area contributed by atoms with Gasteiger partial charge in [0.15, 0.2) is 17.3 Å². The van der Waals surface area contributed by atoms with Crippen LogP contribution in [0.5, 0.6) is 0 Å². The molecule has 0 saturated heterocycles. The number of para-hydroxylation sites is 1. The molecule has 4 N–H and O–H groups in total. The molecule has 1 atom stereocenters. The fourth-order valence-corrected chi connectivity index (χ4v) is 3.86. The molecule has 10 nitrogen and oxygen atoms in total. The summed E-state index contributed by atoms with van der Waals surface area (Å²) in [6.45, 7) is 1.72. The third-order valence-electron chi connectivity index (χ3n) is 5.48. The van der Waals surface area contributed by atoms with Gasteiger partial charge in [0.2, 0.25) is 0 Å². The smallest absolute Gasteiger partial charge is 0.281 e. The molecule has 172 valence electrons. The van der Waals surface area contributed by atoms with Gasteiger partial charge < -0.3 is 11.1 Å². The predicted molar refractivity (Wildman–Crippen MR) is 133 cm³/mol. The van der Waals surface area contributed by atoms with Crippen LogP contribution in [0.25, 0.3) is 16.6 Å². The van der Waals surface area contributed by atoms with Gasteiger partial charge in [-0.3, -0.25) is 15.0 Å². The maximum absolute atomic E-state index is 13.6. The summed E-state index contributed by atoms with van der Waals surface area (Å²) in [6, 6.07) is 15.2. The van der Waals surface area contributed by atoms with Crippen molar-refractivity contribution in [1.82, 2.24) is 29.6 Å². The molecule has 0 aliphatic carbocycles.